The zero-order chi connectivity index (χ0) is 14.0. The van der Waals surface area contributed by atoms with Gasteiger partial charge in [0.15, 0.2) is 0 Å². The highest BCUT2D eigenvalue weighted by Crippen LogP contribution is 2.40. The zero-order valence-electron chi connectivity index (χ0n) is 12.0. The molecule has 1 atom stereocenters. The Kier molecular flexibility index (Phi) is 4.16. The fourth-order valence-corrected chi connectivity index (χ4v) is 3.25. The molecular formula is C15H25NO3. The molecule has 0 saturated heterocycles. The fraction of sp³-hybridized carbons (Fsp3) is 0.867. The minimum absolute atomic E-state index is 0.0433. The molecule has 4 heteroatoms. The lowest BCUT2D eigenvalue weighted by Crippen LogP contribution is -2.46. The number of aliphatic carboxylic acids is 1. The van der Waals surface area contributed by atoms with E-state index in [1.165, 1.54) is 19.3 Å². The van der Waals surface area contributed by atoms with Crippen LogP contribution in [0.25, 0.3) is 0 Å². The summed E-state index contributed by atoms with van der Waals surface area (Å²) in [5.74, 6) is -0.851. The van der Waals surface area contributed by atoms with Crippen molar-refractivity contribution in [3.63, 3.8) is 0 Å². The van der Waals surface area contributed by atoms with E-state index in [2.05, 4.69) is 6.92 Å². The SMILES string of the molecule is CC(C(=O)O)N(C(=O)CC1(C)CCCCC1)C1CC1. The molecule has 4 nitrogen and oxygen atoms in total. The second-order valence-electron chi connectivity index (χ2n) is 6.59. The van der Waals surface area contributed by atoms with Gasteiger partial charge in [0, 0.05) is 12.5 Å². The monoisotopic (exact) mass is 267 g/mol. The van der Waals surface area contributed by atoms with E-state index in [0.29, 0.717) is 6.42 Å². The Balaban J connectivity index is 2.01. The first-order valence-corrected chi connectivity index (χ1v) is 7.47. The molecule has 2 aliphatic rings. The van der Waals surface area contributed by atoms with Crippen molar-refractivity contribution < 1.29 is 14.7 Å². The van der Waals surface area contributed by atoms with Gasteiger partial charge in [-0.25, -0.2) is 4.79 Å². The van der Waals surface area contributed by atoms with Crippen LogP contribution in [0.15, 0.2) is 0 Å². The van der Waals surface area contributed by atoms with Gasteiger partial charge in [-0.15, -0.1) is 0 Å². The van der Waals surface area contributed by atoms with Crippen molar-refractivity contribution in [3.8, 4) is 0 Å². The Morgan fingerprint density at radius 1 is 1.26 bits per heavy atom. The number of hydrogen-bond donors (Lipinski definition) is 1. The van der Waals surface area contributed by atoms with Gasteiger partial charge >= 0.3 is 5.97 Å². The van der Waals surface area contributed by atoms with E-state index >= 15 is 0 Å². The van der Waals surface area contributed by atoms with Gasteiger partial charge in [0.1, 0.15) is 6.04 Å². The largest absolute Gasteiger partial charge is 0.480 e. The van der Waals surface area contributed by atoms with Gasteiger partial charge < -0.3 is 10.0 Å². The molecule has 0 spiro atoms. The van der Waals surface area contributed by atoms with Crippen molar-refractivity contribution in [1.82, 2.24) is 4.90 Å². The molecule has 1 unspecified atom stereocenters. The predicted octanol–water partition coefficient (Wildman–Crippen LogP) is 2.81. The number of nitrogens with zero attached hydrogens (tertiary/aromatic N) is 1. The van der Waals surface area contributed by atoms with Crippen molar-refractivity contribution in [2.75, 3.05) is 0 Å². The molecule has 2 aliphatic carbocycles. The highest BCUT2D eigenvalue weighted by atomic mass is 16.4. The van der Waals surface area contributed by atoms with Crippen LogP contribution in [0.1, 0.15) is 65.2 Å². The first-order valence-electron chi connectivity index (χ1n) is 7.47. The first-order chi connectivity index (χ1) is 8.93. The number of amides is 1. The smallest absolute Gasteiger partial charge is 0.326 e. The molecule has 0 aliphatic heterocycles. The standard InChI is InChI=1S/C15H25NO3/c1-11(14(18)19)16(12-6-7-12)13(17)10-15(2)8-4-3-5-9-15/h11-12H,3-10H2,1-2H3,(H,18,19). The molecule has 19 heavy (non-hydrogen) atoms. The Labute approximate surface area is 115 Å². The first kappa shape index (κ1) is 14.4. The van der Waals surface area contributed by atoms with Gasteiger partial charge in [-0.1, -0.05) is 26.2 Å². The van der Waals surface area contributed by atoms with Crippen molar-refractivity contribution in [3.05, 3.63) is 0 Å². The van der Waals surface area contributed by atoms with Crippen LogP contribution in [-0.2, 0) is 9.59 Å². The lowest BCUT2D eigenvalue weighted by molar-refractivity contribution is -0.151. The maximum atomic E-state index is 12.5. The number of carboxylic acids is 1. The van der Waals surface area contributed by atoms with Crippen LogP contribution >= 0.6 is 0 Å². The second-order valence-corrected chi connectivity index (χ2v) is 6.59. The zero-order valence-corrected chi connectivity index (χ0v) is 12.0. The third-order valence-electron chi connectivity index (χ3n) is 4.64. The third kappa shape index (κ3) is 3.48. The van der Waals surface area contributed by atoms with E-state index in [1.54, 1.807) is 11.8 Å². The van der Waals surface area contributed by atoms with Crippen LogP contribution in [0.4, 0.5) is 0 Å². The van der Waals surface area contributed by atoms with Crippen LogP contribution < -0.4 is 0 Å². The number of carbonyl (C=O) groups is 2. The number of rotatable bonds is 5. The van der Waals surface area contributed by atoms with Crippen LogP contribution in [0, 0.1) is 5.41 Å². The summed E-state index contributed by atoms with van der Waals surface area (Å²) in [4.78, 5) is 25.3. The molecular weight excluding hydrogens is 242 g/mol. The van der Waals surface area contributed by atoms with Gasteiger partial charge in [-0.2, -0.15) is 0 Å². The molecule has 0 bridgehead atoms. The Hall–Kier alpha value is -1.06. The number of carbonyl (C=O) groups excluding carboxylic acids is 1. The van der Waals surface area contributed by atoms with E-state index in [9.17, 15) is 9.59 Å². The minimum atomic E-state index is -0.894. The Morgan fingerprint density at radius 2 is 1.84 bits per heavy atom. The van der Waals surface area contributed by atoms with E-state index in [4.69, 9.17) is 5.11 Å². The second kappa shape index (κ2) is 5.51. The molecule has 1 N–H and O–H groups in total. The summed E-state index contributed by atoms with van der Waals surface area (Å²) in [5, 5.41) is 9.15. The van der Waals surface area contributed by atoms with Crippen LogP contribution in [0.2, 0.25) is 0 Å². The van der Waals surface area contributed by atoms with E-state index in [-0.39, 0.29) is 17.4 Å². The molecule has 2 saturated carbocycles. The molecule has 0 aromatic carbocycles. The van der Waals surface area contributed by atoms with E-state index in [0.717, 1.165) is 25.7 Å². The molecule has 0 heterocycles. The molecule has 0 aromatic heterocycles. The molecule has 108 valence electrons. The van der Waals surface area contributed by atoms with Gasteiger partial charge in [0.2, 0.25) is 5.91 Å². The predicted molar refractivity (Wildman–Crippen MR) is 72.8 cm³/mol. The number of carboxylic acid groups (broad SMARTS) is 1. The molecule has 1 amide bonds. The Morgan fingerprint density at radius 3 is 2.32 bits per heavy atom. The van der Waals surface area contributed by atoms with Crippen LogP contribution in [-0.4, -0.2) is 34.0 Å². The van der Waals surface area contributed by atoms with E-state index < -0.39 is 12.0 Å². The van der Waals surface area contributed by atoms with Crippen molar-refractivity contribution in [2.45, 2.75) is 77.3 Å². The summed E-state index contributed by atoms with van der Waals surface area (Å²) in [7, 11) is 0. The van der Waals surface area contributed by atoms with Crippen molar-refractivity contribution in [2.24, 2.45) is 5.41 Å². The summed E-state index contributed by atoms with van der Waals surface area (Å²) >= 11 is 0. The molecule has 2 rings (SSSR count). The fourth-order valence-electron chi connectivity index (χ4n) is 3.25. The third-order valence-corrected chi connectivity index (χ3v) is 4.64. The summed E-state index contributed by atoms with van der Waals surface area (Å²) in [5.41, 5.74) is 0.0840. The normalized spacial score (nSPS) is 23.7. The maximum absolute atomic E-state index is 12.5. The highest BCUT2D eigenvalue weighted by Gasteiger charge is 2.40. The number of hydrogen-bond acceptors (Lipinski definition) is 2. The molecule has 0 aromatic rings. The molecule has 0 radical (unpaired) electrons. The highest BCUT2D eigenvalue weighted by molar-refractivity contribution is 5.84. The van der Waals surface area contributed by atoms with Gasteiger partial charge in [-0.05, 0) is 38.0 Å². The van der Waals surface area contributed by atoms with E-state index in [1.807, 2.05) is 0 Å². The quantitative estimate of drug-likeness (QED) is 0.833. The Bertz CT molecular complexity index is 356. The lowest BCUT2D eigenvalue weighted by atomic mass is 9.73. The van der Waals surface area contributed by atoms with Gasteiger partial charge in [0.25, 0.3) is 0 Å². The average molecular weight is 267 g/mol. The maximum Gasteiger partial charge on any atom is 0.326 e. The van der Waals surface area contributed by atoms with Gasteiger partial charge in [0.05, 0.1) is 0 Å². The summed E-state index contributed by atoms with van der Waals surface area (Å²) in [6, 6.07) is -0.516. The minimum Gasteiger partial charge on any atom is -0.480 e. The van der Waals surface area contributed by atoms with Crippen molar-refractivity contribution in [1.29, 1.82) is 0 Å². The topological polar surface area (TPSA) is 57.6 Å². The van der Waals surface area contributed by atoms with Crippen LogP contribution in [0.3, 0.4) is 0 Å². The summed E-state index contributed by atoms with van der Waals surface area (Å²) in [6.45, 7) is 3.81. The summed E-state index contributed by atoms with van der Waals surface area (Å²) in [6.07, 6.45) is 8.28. The van der Waals surface area contributed by atoms with Crippen molar-refractivity contribution >= 4 is 11.9 Å². The van der Waals surface area contributed by atoms with Gasteiger partial charge in [-0.3, -0.25) is 4.79 Å². The summed E-state index contributed by atoms with van der Waals surface area (Å²) < 4.78 is 0. The average Bonchev–Trinajstić information content (AvgIpc) is 3.13. The lowest BCUT2D eigenvalue weighted by Gasteiger charge is -2.36. The van der Waals surface area contributed by atoms with Crippen LogP contribution in [0.5, 0.6) is 0 Å². The molecule has 2 fully saturated rings.